The van der Waals surface area contributed by atoms with Crippen LogP contribution in [0.2, 0.25) is 0 Å². The van der Waals surface area contributed by atoms with Gasteiger partial charge in [-0.2, -0.15) is 5.10 Å². The molecule has 1 aliphatic carbocycles. The van der Waals surface area contributed by atoms with Crippen molar-refractivity contribution in [2.75, 3.05) is 21.1 Å². The van der Waals surface area contributed by atoms with Gasteiger partial charge in [0.1, 0.15) is 0 Å². The maximum absolute atomic E-state index is 12.6. The minimum Gasteiger partial charge on any atom is -0.343 e. The van der Waals surface area contributed by atoms with E-state index in [1.807, 2.05) is 17.7 Å². The van der Waals surface area contributed by atoms with Crippen molar-refractivity contribution in [2.45, 2.75) is 45.3 Å². The fourth-order valence-electron chi connectivity index (χ4n) is 3.57. The molecule has 140 valence electrons. The van der Waals surface area contributed by atoms with E-state index in [0.717, 1.165) is 42.1 Å². The van der Waals surface area contributed by atoms with Crippen LogP contribution in [0.1, 0.15) is 38.9 Å². The molecule has 0 aromatic carbocycles. The number of aryl methyl sites for hydroxylation is 1. The second-order valence-corrected chi connectivity index (χ2v) is 8.18. The molecule has 1 aliphatic rings. The molecule has 2 aromatic heterocycles. The molecule has 0 bridgehead atoms. The minimum absolute atomic E-state index is 0.0255. The van der Waals surface area contributed by atoms with Crippen LogP contribution in [0.3, 0.4) is 0 Å². The molecule has 6 nitrogen and oxygen atoms in total. The monoisotopic (exact) mass is 373 g/mol. The van der Waals surface area contributed by atoms with Gasteiger partial charge < -0.3 is 4.90 Å². The molecule has 3 rings (SSSR count). The van der Waals surface area contributed by atoms with Crippen molar-refractivity contribution in [3.8, 4) is 0 Å². The number of carbonyl (C=O) groups excluding carboxylic acids is 1. The van der Waals surface area contributed by atoms with Gasteiger partial charge >= 0.3 is 0 Å². The minimum atomic E-state index is -0.0255. The summed E-state index contributed by atoms with van der Waals surface area (Å²) in [5.41, 5.74) is 3.99. The number of rotatable bonds is 6. The Morgan fingerprint density at radius 3 is 2.85 bits per heavy atom. The number of fused-ring (bicyclic) bond motifs is 1. The Morgan fingerprint density at radius 2 is 2.23 bits per heavy atom. The van der Waals surface area contributed by atoms with Gasteiger partial charge in [-0.1, -0.05) is 6.08 Å². The van der Waals surface area contributed by atoms with E-state index in [1.54, 1.807) is 30.3 Å². The maximum Gasteiger partial charge on any atom is 0.274 e. The normalized spacial score (nSPS) is 16.6. The molecule has 1 amide bonds. The van der Waals surface area contributed by atoms with E-state index in [1.165, 1.54) is 5.69 Å². The van der Waals surface area contributed by atoms with Gasteiger partial charge in [0.25, 0.3) is 5.91 Å². The van der Waals surface area contributed by atoms with Crippen LogP contribution in [0.4, 0.5) is 0 Å². The number of nitrogens with zero attached hydrogens (tertiary/aromatic N) is 5. The van der Waals surface area contributed by atoms with Crippen molar-refractivity contribution < 1.29 is 4.79 Å². The van der Waals surface area contributed by atoms with Crippen LogP contribution < -0.4 is 0 Å². The van der Waals surface area contributed by atoms with Crippen molar-refractivity contribution in [1.82, 2.24) is 24.6 Å². The van der Waals surface area contributed by atoms with E-state index in [2.05, 4.69) is 34.0 Å². The number of hydrogen-bond acceptors (Lipinski definition) is 5. The molecule has 0 saturated carbocycles. The quantitative estimate of drug-likeness (QED) is 0.730. The molecule has 0 N–H and O–H groups in total. The Bertz CT molecular complexity index is 807. The molecule has 0 fully saturated rings. The van der Waals surface area contributed by atoms with E-state index >= 15 is 0 Å². The summed E-state index contributed by atoms with van der Waals surface area (Å²) in [6, 6.07) is 0.389. The molecule has 1 unspecified atom stereocenters. The van der Waals surface area contributed by atoms with Crippen molar-refractivity contribution in [3.63, 3.8) is 0 Å². The Balaban J connectivity index is 1.83. The lowest BCUT2D eigenvalue weighted by Crippen LogP contribution is -2.37. The van der Waals surface area contributed by atoms with E-state index in [9.17, 15) is 4.79 Å². The highest BCUT2D eigenvalue weighted by Crippen LogP contribution is 2.28. The number of hydrogen-bond donors (Lipinski definition) is 0. The third kappa shape index (κ3) is 3.73. The van der Waals surface area contributed by atoms with Gasteiger partial charge in [-0.3, -0.25) is 14.4 Å². The SMILES string of the molecule is C=CCn1nc(C(=O)N(C)C)c2c1CCC(N(C)Cc1csc(C)n1)C2. The fourth-order valence-corrected chi connectivity index (χ4v) is 4.17. The first-order valence-electron chi connectivity index (χ1n) is 8.93. The van der Waals surface area contributed by atoms with Gasteiger partial charge in [-0.05, 0) is 33.2 Å². The molecule has 0 spiro atoms. The predicted molar refractivity (Wildman–Crippen MR) is 105 cm³/mol. The second kappa shape index (κ2) is 7.72. The maximum atomic E-state index is 12.6. The molecule has 7 heteroatoms. The van der Waals surface area contributed by atoms with E-state index < -0.39 is 0 Å². The zero-order valence-electron chi connectivity index (χ0n) is 16.0. The van der Waals surface area contributed by atoms with Crippen LogP contribution >= 0.6 is 11.3 Å². The van der Waals surface area contributed by atoms with Gasteiger partial charge in [0.15, 0.2) is 5.69 Å². The summed E-state index contributed by atoms with van der Waals surface area (Å²) in [4.78, 5) is 21.1. The summed E-state index contributed by atoms with van der Waals surface area (Å²) in [5.74, 6) is -0.0255. The van der Waals surface area contributed by atoms with Gasteiger partial charge in [-0.15, -0.1) is 17.9 Å². The Labute approximate surface area is 159 Å². The molecule has 0 radical (unpaired) electrons. The lowest BCUT2D eigenvalue weighted by Gasteiger charge is -2.31. The molecule has 0 aliphatic heterocycles. The number of carbonyl (C=O) groups is 1. The van der Waals surface area contributed by atoms with E-state index in [-0.39, 0.29) is 5.91 Å². The lowest BCUT2D eigenvalue weighted by molar-refractivity contribution is 0.0819. The summed E-state index contributed by atoms with van der Waals surface area (Å²) in [5, 5.41) is 7.84. The van der Waals surface area contributed by atoms with Crippen molar-refractivity contribution in [2.24, 2.45) is 0 Å². The summed E-state index contributed by atoms with van der Waals surface area (Å²) in [6.45, 7) is 7.33. The smallest absolute Gasteiger partial charge is 0.274 e. The fraction of sp³-hybridized carbons (Fsp3) is 0.526. The first-order chi connectivity index (χ1) is 12.4. The average molecular weight is 374 g/mol. The molecule has 2 heterocycles. The third-order valence-electron chi connectivity index (χ3n) is 4.93. The average Bonchev–Trinajstić information content (AvgIpc) is 3.17. The van der Waals surface area contributed by atoms with E-state index in [0.29, 0.717) is 18.3 Å². The second-order valence-electron chi connectivity index (χ2n) is 7.11. The van der Waals surface area contributed by atoms with Crippen LogP contribution in [0.25, 0.3) is 0 Å². The number of allylic oxidation sites excluding steroid dienone is 1. The Morgan fingerprint density at radius 1 is 1.46 bits per heavy atom. The molecular weight excluding hydrogens is 346 g/mol. The molecule has 2 aromatic rings. The van der Waals surface area contributed by atoms with Crippen LogP contribution in [0, 0.1) is 6.92 Å². The standard InChI is InChI=1S/C19H27N5OS/c1-6-9-24-17-8-7-15(23(5)11-14-12-26-13(2)20-14)10-16(17)18(21-24)19(25)22(3)4/h6,12,15H,1,7-11H2,2-5H3. The largest absolute Gasteiger partial charge is 0.343 e. The molecule has 0 saturated heterocycles. The molecule has 26 heavy (non-hydrogen) atoms. The van der Waals surface area contributed by atoms with Crippen LogP contribution in [0.15, 0.2) is 18.0 Å². The molecular formula is C19H27N5OS. The highest BCUT2D eigenvalue weighted by atomic mass is 32.1. The number of likely N-dealkylation sites (N-methyl/N-ethyl adjacent to an activating group) is 1. The van der Waals surface area contributed by atoms with Crippen molar-refractivity contribution in [1.29, 1.82) is 0 Å². The van der Waals surface area contributed by atoms with Gasteiger partial charge in [-0.25, -0.2) is 4.98 Å². The zero-order valence-corrected chi connectivity index (χ0v) is 16.8. The Hall–Kier alpha value is -1.99. The van der Waals surface area contributed by atoms with Crippen LogP contribution in [-0.2, 0) is 25.9 Å². The van der Waals surface area contributed by atoms with Crippen LogP contribution in [-0.4, -0.2) is 57.7 Å². The third-order valence-corrected chi connectivity index (χ3v) is 5.76. The summed E-state index contributed by atoms with van der Waals surface area (Å²) in [6.07, 6.45) is 4.67. The van der Waals surface area contributed by atoms with Gasteiger partial charge in [0, 0.05) is 43.3 Å². The summed E-state index contributed by atoms with van der Waals surface area (Å²) in [7, 11) is 5.70. The van der Waals surface area contributed by atoms with E-state index in [4.69, 9.17) is 0 Å². The van der Waals surface area contributed by atoms with Crippen molar-refractivity contribution >= 4 is 17.2 Å². The zero-order chi connectivity index (χ0) is 18.8. The van der Waals surface area contributed by atoms with Crippen LogP contribution in [0.5, 0.6) is 0 Å². The summed E-state index contributed by atoms with van der Waals surface area (Å²) < 4.78 is 1.94. The van der Waals surface area contributed by atoms with Crippen molar-refractivity contribution in [3.05, 3.63) is 45.7 Å². The van der Waals surface area contributed by atoms with Gasteiger partial charge in [0.2, 0.25) is 0 Å². The molecule has 1 atom stereocenters. The highest BCUT2D eigenvalue weighted by Gasteiger charge is 2.31. The lowest BCUT2D eigenvalue weighted by atomic mass is 9.90. The highest BCUT2D eigenvalue weighted by molar-refractivity contribution is 7.09. The first kappa shape index (κ1) is 18.8. The Kier molecular flexibility index (Phi) is 5.58. The number of thiazole rings is 1. The topological polar surface area (TPSA) is 54.3 Å². The number of amides is 1. The number of aromatic nitrogens is 3. The first-order valence-corrected chi connectivity index (χ1v) is 9.81. The summed E-state index contributed by atoms with van der Waals surface area (Å²) >= 11 is 1.69. The van der Waals surface area contributed by atoms with Gasteiger partial charge in [0.05, 0.1) is 17.2 Å². The predicted octanol–water partition coefficient (Wildman–Crippen LogP) is 2.53.